The van der Waals surface area contributed by atoms with Gasteiger partial charge in [-0.25, -0.2) is 4.39 Å². The summed E-state index contributed by atoms with van der Waals surface area (Å²) in [5.74, 6) is 1.82. The Morgan fingerprint density at radius 2 is 2.08 bits per heavy atom. The summed E-state index contributed by atoms with van der Waals surface area (Å²) in [6.45, 7) is 1.21. The summed E-state index contributed by atoms with van der Waals surface area (Å²) in [4.78, 5) is 14.9. The number of carbonyl (C=O) groups is 1. The second kappa shape index (κ2) is 6.64. The summed E-state index contributed by atoms with van der Waals surface area (Å²) >= 11 is 0. The van der Waals surface area contributed by atoms with Gasteiger partial charge in [-0.2, -0.15) is 0 Å². The number of hydrogen-bond donors (Lipinski definition) is 0. The number of ether oxygens (including phenoxy) is 1. The number of likely N-dealkylation sites (tertiary alicyclic amines) is 1. The van der Waals surface area contributed by atoms with E-state index >= 15 is 0 Å². The van der Waals surface area contributed by atoms with E-state index in [4.69, 9.17) is 9.15 Å². The minimum absolute atomic E-state index is 0.0134. The summed E-state index contributed by atoms with van der Waals surface area (Å²) < 4.78 is 24.0. The number of amides is 1. The van der Waals surface area contributed by atoms with Gasteiger partial charge in [0, 0.05) is 19.6 Å². The maximum Gasteiger partial charge on any atom is 0.226 e. The highest BCUT2D eigenvalue weighted by Crippen LogP contribution is 2.50. The van der Waals surface area contributed by atoms with Crippen LogP contribution in [0.25, 0.3) is 0 Å². The molecule has 5 heteroatoms. The molecule has 2 heterocycles. The molecule has 132 valence electrons. The van der Waals surface area contributed by atoms with E-state index in [1.807, 2.05) is 17.0 Å². The maximum atomic E-state index is 13.1. The third-order valence-electron chi connectivity index (χ3n) is 5.24. The third-order valence-corrected chi connectivity index (χ3v) is 5.24. The van der Waals surface area contributed by atoms with Gasteiger partial charge in [0.15, 0.2) is 0 Å². The van der Waals surface area contributed by atoms with E-state index in [9.17, 15) is 9.18 Å². The molecule has 1 saturated heterocycles. The standard InChI is InChI=1S/C20H22FNO3/c1-24-12-15-8-9-19(25-15)18-3-2-10-22(18)20(23)17-11-16(17)13-4-6-14(21)7-5-13/h4-9,16-18H,2-3,10-12H2,1H3/t16-,17+,18-/m0/s1. The molecule has 2 aliphatic rings. The molecule has 1 aliphatic heterocycles. The SMILES string of the molecule is COCc1ccc([C@@H]2CCCN2C(=O)[C@@H]2C[C@H]2c2ccc(F)cc2)o1. The van der Waals surface area contributed by atoms with Crippen molar-refractivity contribution in [2.24, 2.45) is 5.92 Å². The summed E-state index contributed by atoms with van der Waals surface area (Å²) in [5.41, 5.74) is 1.05. The maximum absolute atomic E-state index is 13.1. The molecule has 1 amide bonds. The first kappa shape index (κ1) is 16.3. The van der Waals surface area contributed by atoms with Crippen LogP contribution in [0.15, 0.2) is 40.8 Å². The number of benzene rings is 1. The average Bonchev–Trinajstić information content (AvgIpc) is 3.03. The normalized spacial score (nSPS) is 25.4. The van der Waals surface area contributed by atoms with Crippen LogP contribution < -0.4 is 0 Å². The van der Waals surface area contributed by atoms with Gasteiger partial charge in [0.25, 0.3) is 0 Å². The number of furan rings is 1. The number of nitrogens with zero attached hydrogens (tertiary/aromatic N) is 1. The fourth-order valence-corrected chi connectivity index (χ4v) is 3.88. The first-order valence-electron chi connectivity index (χ1n) is 8.81. The van der Waals surface area contributed by atoms with Crippen LogP contribution in [0.1, 0.15) is 48.3 Å². The molecule has 0 unspecified atom stereocenters. The zero-order valence-corrected chi connectivity index (χ0v) is 14.3. The van der Waals surface area contributed by atoms with Crippen molar-refractivity contribution >= 4 is 5.91 Å². The van der Waals surface area contributed by atoms with Crippen molar-refractivity contribution in [2.75, 3.05) is 13.7 Å². The number of hydrogen-bond acceptors (Lipinski definition) is 3. The van der Waals surface area contributed by atoms with Gasteiger partial charge in [-0.05, 0) is 55.0 Å². The Labute approximate surface area is 146 Å². The zero-order valence-electron chi connectivity index (χ0n) is 14.3. The van der Waals surface area contributed by atoms with Gasteiger partial charge in [0.1, 0.15) is 23.9 Å². The minimum Gasteiger partial charge on any atom is -0.461 e. The molecular formula is C20H22FNO3. The zero-order chi connectivity index (χ0) is 17.4. The van der Waals surface area contributed by atoms with Gasteiger partial charge >= 0.3 is 0 Å². The molecular weight excluding hydrogens is 321 g/mol. The Balaban J connectivity index is 1.45. The van der Waals surface area contributed by atoms with Crippen LogP contribution in [-0.2, 0) is 16.1 Å². The highest BCUT2D eigenvalue weighted by molar-refractivity contribution is 5.83. The fourth-order valence-electron chi connectivity index (χ4n) is 3.88. The van der Waals surface area contributed by atoms with Gasteiger partial charge in [0.05, 0.1) is 6.04 Å². The Morgan fingerprint density at radius 3 is 2.84 bits per heavy atom. The summed E-state index contributed by atoms with van der Waals surface area (Å²) in [6, 6.07) is 10.4. The van der Waals surface area contributed by atoms with E-state index in [-0.39, 0.29) is 29.6 Å². The summed E-state index contributed by atoms with van der Waals surface area (Å²) in [6.07, 6.45) is 2.77. The van der Waals surface area contributed by atoms with E-state index in [2.05, 4.69) is 0 Å². The predicted octanol–water partition coefficient (Wildman–Crippen LogP) is 4.03. The van der Waals surface area contributed by atoms with Gasteiger partial charge in [0.2, 0.25) is 5.91 Å². The smallest absolute Gasteiger partial charge is 0.226 e. The third kappa shape index (κ3) is 3.21. The quantitative estimate of drug-likeness (QED) is 0.823. The van der Waals surface area contributed by atoms with E-state index < -0.39 is 0 Å². The van der Waals surface area contributed by atoms with Crippen molar-refractivity contribution in [3.05, 3.63) is 59.3 Å². The number of halogens is 1. The van der Waals surface area contributed by atoms with Gasteiger partial charge < -0.3 is 14.1 Å². The molecule has 3 atom stereocenters. The largest absolute Gasteiger partial charge is 0.461 e. The summed E-state index contributed by atoms with van der Waals surface area (Å²) in [7, 11) is 1.64. The Morgan fingerprint density at radius 1 is 1.28 bits per heavy atom. The fraction of sp³-hybridized carbons (Fsp3) is 0.450. The van der Waals surface area contributed by atoms with Crippen LogP contribution in [0.3, 0.4) is 0 Å². The molecule has 1 aliphatic carbocycles. The van der Waals surface area contributed by atoms with Crippen molar-refractivity contribution in [1.29, 1.82) is 0 Å². The molecule has 0 radical (unpaired) electrons. The number of carbonyl (C=O) groups excluding carboxylic acids is 1. The topological polar surface area (TPSA) is 42.7 Å². The Kier molecular flexibility index (Phi) is 4.34. The molecule has 4 rings (SSSR count). The molecule has 1 saturated carbocycles. The molecule has 25 heavy (non-hydrogen) atoms. The highest BCUT2D eigenvalue weighted by atomic mass is 19.1. The van der Waals surface area contributed by atoms with Crippen molar-refractivity contribution < 1.29 is 18.3 Å². The second-order valence-corrected chi connectivity index (χ2v) is 6.93. The van der Waals surface area contributed by atoms with Crippen LogP contribution >= 0.6 is 0 Å². The van der Waals surface area contributed by atoms with E-state index in [0.717, 1.165) is 42.9 Å². The van der Waals surface area contributed by atoms with Crippen LogP contribution in [0.2, 0.25) is 0 Å². The monoisotopic (exact) mass is 343 g/mol. The molecule has 1 aromatic heterocycles. The van der Waals surface area contributed by atoms with Crippen LogP contribution in [0.4, 0.5) is 4.39 Å². The minimum atomic E-state index is -0.239. The molecule has 0 bridgehead atoms. The van der Waals surface area contributed by atoms with Gasteiger partial charge in [-0.1, -0.05) is 12.1 Å². The molecule has 2 fully saturated rings. The lowest BCUT2D eigenvalue weighted by molar-refractivity contribution is -0.134. The lowest BCUT2D eigenvalue weighted by Gasteiger charge is -2.23. The van der Waals surface area contributed by atoms with E-state index in [0.29, 0.717) is 6.61 Å². The van der Waals surface area contributed by atoms with E-state index in [1.54, 1.807) is 19.2 Å². The lowest BCUT2D eigenvalue weighted by Crippen LogP contribution is -2.32. The molecule has 1 aromatic carbocycles. The first-order valence-corrected chi connectivity index (χ1v) is 8.81. The van der Waals surface area contributed by atoms with Crippen molar-refractivity contribution in [3.63, 3.8) is 0 Å². The van der Waals surface area contributed by atoms with Crippen LogP contribution in [0.5, 0.6) is 0 Å². The van der Waals surface area contributed by atoms with Gasteiger partial charge in [-0.15, -0.1) is 0 Å². The number of rotatable bonds is 5. The molecule has 0 N–H and O–H groups in total. The molecule has 2 aromatic rings. The lowest BCUT2D eigenvalue weighted by atomic mass is 10.1. The van der Waals surface area contributed by atoms with Crippen LogP contribution in [0, 0.1) is 11.7 Å². The van der Waals surface area contributed by atoms with Crippen molar-refractivity contribution in [1.82, 2.24) is 4.90 Å². The van der Waals surface area contributed by atoms with Crippen molar-refractivity contribution in [2.45, 2.75) is 37.8 Å². The average molecular weight is 343 g/mol. The van der Waals surface area contributed by atoms with E-state index in [1.165, 1.54) is 12.1 Å². The molecule has 4 nitrogen and oxygen atoms in total. The highest BCUT2D eigenvalue weighted by Gasteiger charge is 2.48. The first-order chi connectivity index (χ1) is 12.2. The van der Waals surface area contributed by atoms with Crippen molar-refractivity contribution in [3.8, 4) is 0 Å². The van der Waals surface area contributed by atoms with Gasteiger partial charge in [-0.3, -0.25) is 4.79 Å². The predicted molar refractivity (Wildman–Crippen MR) is 90.4 cm³/mol. The summed E-state index contributed by atoms with van der Waals surface area (Å²) in [5, 5.41) is 0. The van der Waals surface area contributed by atoms with Crippen LogP contribution in [-0.4, -0.2) is 24.5 Å². The molecule has 0 spiro atoms. The number of methoxy groups -OCH3 is 1. The Hall–Kier alpha value is -2.14. The second-order valence-electron chi connectivity index (χ2n) is 6.93. The Bertz CT molecular complexity index is 755.